The number of benzene rings is 5. The molecule has 1 saturated heterocycles. The second-order valence-corrected chi connectivity index (χ2v) is 24.9. The molecule has 0 bridgehead atoms. The van der Waals surface area contributed by atoms with E-state index in [0.29, 0.717) is 34.2 Å². The van der Waals surface area contributed by atoms with Crippen LogP contribution in [0, 0.1) is 11.8 Å². The maximum absolute atomic E-state index is 14.7. The Hall–Kier alpha value is -10.6. The van der Waals surface area contributed by atoms with Crippen LogP contribution in [0.4, 0.5) is 0 Å². The first kappa shape index (κ1) is 73.8. The van der Waals surface area contributed by atoms with Gasteiger partial charge in [-0.25, -0.2) is 0 Å². The van der Waals surface area contributed by atoms with Gasteiger partial charge in [0.15, 0.2) is 0 Å². The van der Waals surface area contributed by atoms with Gasteiger partial charge in [-0.15, -0.1) is 0 Å². The Balaban J connectivity index is 1.09. The highest BCUT2D eigenvalue weighted by Gasteiger charge is 2.41. The number of phenols is 4. The summed E-state index contributed by atoms with van der Waals surface area (Å²) in [5, 5.41) is 83.0. The number of aromatic nitrogens is 1. The third-order valence-electron chi connectivity index (χ3n) is 16.6. The van der Waals surface area contributed by atoms with E-state index in [1.807, 2.05) is 32.0 Å². The fourth-order valence-corrected chi connectivity index (χ4v) is 11.1. The summed E-state index contributed by atoms with van der Waals surface area (Å²) in [6.45, 7) is 5.15. The van der Waals surface area contributed by atoms with Crippen molar-refractivity contribution in [1.29, 1.82) is 0 Å². The van der Waals surface area contributed by atoms with Gasteiger partial charge in [0.2, 0.25) is 59.1 Å². The van der Waals surface area contributed by atoms with Gasteiger partial charge in [-0.2, -0.15) is 0 Å². The zero-order valence-electron chi connectivity index (χ0n) is 54.2. The number of rotatable bonds is 33. The third-order valence-corrected chi connectivity index (χ3v) is 16.6. The number of nitrogens with zero attached hydrogens (tertiary/aromatic N) is 1. The van der Waals surface area contributed by atoms with Crippen molar-refractivity contribution in [2.24, 2.45) is 23.3 Å². The van der Waals surface area contributed by atoms with E-state index in [-0.39, 0.29) is 86.3 Å². The number of aromatic hydroxyl groups is 4. The lowest BCUT2D eigenvalue weighted by Crippen LogP contribution is -2.62. The largest absolute Gasteiger partial charge is 0.508 e. The summed E-state index contributed by atoms with van der Waals surface area (Å²) < 4.78 is 0. The molecule has 6 aromatic rings. The molecule has 7 rings (SSSR count). The van der Waals surface area contributed by atoms with E-state index in [1.165, 1.54) is 102 Å². The molecule has 1 fully saturated rings. The molecule has 0 spiro atoms. The van der Waals surface area contributed by atoms with E-state index in [1.54, 1.807) is 26.1 Å². The van der Waals surface area contributed by atoms with Crippen LogP contribution in [-0.2, 0) is 80.0 Å². The summed E-state index contributed by atoms with van der Waals surface area (Å²) in [6, 6.07) is 15.3. The van der Waals surface area contributed by atoms with Gasteiger partial charge >= 0.3 is 0 Å². The smallest absolute Gasteiger partial charge is 0.245 e. The van der Waals surface area contributed by atoms with Crippen LogP contribution in [0.1, 0.15) is 74.8 Å². The second kappa shape index (κ2) is 34.7. The van der Waals surface area contributed by atoms with Crippen molar-refractivity contribution in [1.82, 2.24) is 52.4 Å². The fourth-order valence-electron chi connectivity index (χ4n) is 11.1. The first-order chi connectivity index (χ1) is 46.2. The number of nitrogens with two attached hydrogens (primary N) is 2. The van der Waals surface area contributed by atoms with E-state index in [0.717, 1.165) is 10.9 Å². The summed E-state index contributed by atoms with van der Waals surface area (Å²) in [4.78, 5) is 146. The van der Waals surface area contributed by atoms with Gasteiger partial charge in [0.25, 0.3) is 0 Å². The molecule has 97 heavy (non-hydrogen) atoms. The summed E-state index contributed by atoms with van der Waals surface area (Å²) >= 11 is 0. The van der Waals surface area contributed by atoms with Gasteiger partial charge in [-0.05, 0) is 114 Å². The standard InChI is InChI=1S/C69H86N12O16/c1-37(2)28-55(78-68(96)59(70)38(3)4)69(97)81-27-7-10-58(81)67(95)77-54(32-42-17-25-47(87)26-18-42)63(91)75-53(31-41-15-23-46(86)24-16-41)64(92)79-57(36-83)66(94)80-56(35-82)65(93)76-52(30-40-13-21-45(85)22-14-40)62(90)74-51(29-39-11-19-44(84)20-12-39)61(89)73-50(60(71)88)33-43-34-72-49-9-6-5-8-48(43)49/h5-6,8-9,11-26,34,37-38,50-59,72,82-87H,7,10,27-33,35-36,70H2,1-4H3,(H2,71,88)(H,73,89)(H,74,90)(H,75,91)(H,76,93)(H,77,95)(H,78,96)(H,79,92)(H,80,94)/t50-,51-,52-,53-,54-,55-,56-,57-,58-,59-/m0/s1. The van der Waals surface area contributed by atoms with Crippen LogP contribution in [-0.4, -0.2) is 180 Å². The molecule has 19 N–H and O–H groups in total. The molecule has 1 aliphatic rings. The summed E-state index contributed by atoms with van der Waals surface area (Å²) in [7, 11) is 0. The normalized spacial score (nSPS) is 15.7. The third kappa shape index (κ3) is 21.2. The average Bonchev–Trinajstić information content (AvgIpc) is 1.52. The molecule has 0 radical (unpaired) electrons. The molecular weight excluding hydrogens is 1250 g/mol. The van der Waals surface area contributed by atoms with E-state index < -0.39 is 133 Å². The number of amides is 10. The topological polar surface area (TPSA) is 459 Å². The SMILES string of the molecule is CC(C)C[C@H](NC(=O)[C@@H](N)C(C)C)C(=O)N1CCC[C@H]1C(=O)N[C@@H](Cc1ccc(O)cc1)C(=O)N[C@@H](Cc1ccc(O)cc1)C(=O)N[C@@H](CO)C(=O)N[C@@H](CO)C(=O)N[C@@H](Cc1ccc(O)cc1)C(=O)N[C@@H](Cc1ccc(O)cc1)C(=O)N[C@@H](Cc1c[nH]c2ccccc12)C(N)=O. The van der Waals surface area contributed by atoms with Crippen LogP contribution in [0.2, 0.25) is 0 Å². The lowest BCUT2D eigenvalue weighted by atomic mass is 9.99. The number of hydrogen-bond acceptors (Lipinski definition) is 17. The van der Waals surface area contributed by atoms with Crippen molar-refractivity contribution in [2.75, 3.05) is 19.8 Å². The predicted octanol–water partition coefficient (Wildman–Crippen LogP) is -0.128. The highest BCUT2D eigenvalue weighted by atomic mass is 16.3. The minimum absolute atomic E-state index is 0.0482. The average molecular weight is 1340 g/mol. The Morgan fingerprint density at radius 1 is 0.474 bits per heavy atom. The number of aromatic amines is 1. The molecule has 28 nitrogen and oxygen atoms in total. The van der Waals surface area contributed by atoms with Crippen LogP contribution in [0.15, 0.2) is 128 Å². The van der Waals surface area contributed by atoms with Crippen LogP contribution in [0.3, 0.4) is 0 Å². The van der Waals surface area contributed by atoms with Gasteiger partial charge < -0.3 is 94.5 Å². The van der Waals surface area contributed by atoms with Crippen LogP contribution in [0.5, 0.6) is 23.0 Å². The number of phenolic OH excluding ortho intramolecular Hbond substituents is 4. The summed E-state index contributed by atoms with van der Waals surface area (Å²) in [6.07, 6.45) is 1.33. The maximum atomic E-state index is 14.7. The highest BCUT2D eigenvalue weighted by molar-refractivity contribution is 5.99. The number of aliphatic hydroxyl groups excluding tert-OH is 2. The zero-order valence-corrected chi connectivity index (χ0v) is 54.2. The lowest BCUT2D eigenvalue weighted by molar-refractivity contribution is -0.142. The number of carbonyl (C=O) groups excluding carboxylic acids is 10. The van der Waals surface area contributed by atoms with Gasteiger partial charge in [-0.1, -0.05) is 94.4 Å². The van der Waals surface area contributed by atoms with E-state index in [9.17, 15) is 78.6 Å². The van der Waals surface area contributed by atoms with Gasteiger partial charge in [0.1, 0.15) is 77.4 Å². The highest BCUT2D eigenvalue weighted by Crippen LogP contribution is 2.24. The van der Waals surface area contributed by atoms with Crippen molar-refractivity contribution >= 4 is 70.0 Å². The number of carbonyl (C=O) groups is 10. The number of hydrogen-bond donors (Lipinski definition) is 17. The van der Waals surface area contributed by atoms with E-state index in [4.69, 9.17) is 11.5 Å². The Morgan fingerprint density at radius 3 is 1.22 bits per heavy atom. The van der Waals surface area contributed by atoms with Crippen molar-refractivity contribution in [3.63, 3.8) is 0 Å². The molecule has 518 valence electrons. The molecular formula is C69H86N12O16. The Kier molecular flexibility index (Phi) is 26.4. The van der Waals surface area contributed by atoms with Gasteiger partial charge in [0.05, 0.1) is 19.3 Å². The molecule has 0 unspecified atom stereocenters. The van der Waals surface area contributed by atoms with Crippen molar-refractivity contribution in [3.8, 4) is 23.0 Å². The predicted molar refractivity (Wildman–Crippen MR) is 355 cm³/mol. The van der Waals surface area contributed by atoms with Crippen LogP contribution in [0.25, 0.3) is 10.9 Å². The first-order valence-electron chi connectivity index (χ1n) is 31.9. The molecule has 10 atom stereocenters. The molecule has 1 aromatic heterocycles. The number of para-hydroxylation sites is 1. The summed E-state index contributed by atoms with van der Waals surface area (Å²) in [5.74, 6) is -9.79. The van der Waals surface area contributed by atoms with Gasteiger partial charge in [0, 0.05) is 55.7 Å². The second-order valence-electron chi connectivity index (χ2n) is 24.9. The quantitative estimate of drug-likeness (QED) is 0.0255. The minimum Gasteiger partial charge on any atom is -0.508 e. The number of primary amides is 1. The fraction of sp³-hybridized carbons (Fsp3) is 0.391. The summed E-state index contributed by atoms with van der Waals surface area (Å²) in [5.41, 5.74) is 15.0. The molecule has 10 amide bonds. The monoisotopic (exact) mass is 1340 g/mol. The van der Waals surface area contributed by atoms with E-state index >= 15 is 0 Å². The molecule has 0 aliphatic carbocycles. The molecule has 0 saturated carbocycles. The van der Waals surface area contributed by atoms with Crippen molar-refractivity contribution in [2.45, 2.75) is 139 Å². The molecule has 5 aromatic carbocycles. The first-order valence-corrected chi connectivity index (χ1v) is 31.9. The minimum atomic E-state index is -1.91. The van der Waals surface area contributed by atoms with Crippen LogP contribution >= 0.6 is 0 Å². The Labute approximate surface area is 559 Å². The molecule has 28 heteroatoms. The molecule has 1 aliphatic heterocycles. The Bertz CT molecular complexity index is 3720. The van der Waals surface area contributed by atoms with Crippen LogP contribution < -0.4 is 54.0 Å². The lowest BCUT2D eigenvalue weighted by Gasteiger charge is -2.31. The van der Waals surface area contributed by atoms with E-state index in [2.05, 4.69) is 47.5 Å². The number of nitrogens with one attached hydrogen (secondary N) is 9. The maximum Gasteiger partial charge on any atom is 0.245 e. The number of fused-ring (bicyclic) bond motifs is 1. The number of likely N-dealkylation sites (tertiary alicyclic amines) is 1. The number of aliphatic hydroxyl groups is 2. The zero-order chi connectivity index (χ0) is 70.6. The molecule has 2 heterocycles. The number of H-pyrrole nitrogens is 1. The van der Waals surface area contributed by atoms with Gasteiger partial charge in [-0.3, -0.25) is 47.9 Å². The van der Waals surface area contributed by atoms with Crippen molar-refractivity contribution < 1.29 is 78.6 Å². The van der Waals surface area contributed by atoms with Crippen molar-refractivity contribution in [3.05, 3.63) is 155 Å². The Morgan fingerprint density at radius 2 is 0.835 bits per heavy atom.